The minimum absolute atomic E-state index is 0.0404. The summed E-state index contributed by atoms with van der Waals surface area (Å²) < 4.78 is 21.5. The summed E-state index contributed by atoms with van der Waals surface area (Å²) >= 11 is 0. The molecule has 0 aliphatic heterocycles. The van der Waals surface area contributed by atoms with Crippen LogP contribution in [0.3, 0.4) is 0 Å². The maximum atomic E-state index is 12.7. The first-order valence-corrected chi connectivity index (χ1v) is 9.62. The number of carbonyl (C=O) groups excluding carboxylic acids is 2. The van der Waals surface area contributed by atoms with Crippen LogP contribution in [0.25, 0.3) is 11.0 Å². The predicted octanol–water partition coefficient (Wildman–Crippen LogP) is 4.40. The van der Waals surface area contributed by atoms with E-state index in [-0.39, 0.29) is 27.9 Å². The zero-order valence-corrected chi connectivity index (χ0v) is 17.6. The van der Waals surface area contributed by atoms with E-state index < -0.39 is 23.7 Å². The zero-order chi connectivity index (χ0) is 22.6. The lowest BCUT2D eigenvalue weighted by molar-refractivity contribution is -0.136. The van der Waals surface area contributed by atoms with Gasteiger partial charge in [0.15, 0.2) is 0 Å². The van der Waals surface area contributed by atoms with Gasteiger partial charge in [-0.05, 0) is 52.0 Å². The van der Waals surface area contributed by atoms with Crippen LogP contribution >= 0.6 is 0 Å². The van der Waals surface area contributed by atoms with E-state index in [1.54, 1.807) is 45.0 Å². The molecule has 3 rings (SSSR count). The van der Waals surface area contributed by atoms with Crippen LogP contribution < -0.4 is 20.2 Å². The molecule has 1 aromatic heterocycles. The lowest BCUT2D eigenvalue weighted by atomic mass is 10.2. The highest BCUT2D eigenvalue weighted by molar-refractivity contribution is 5.84. The van der Waals surface area contributed by atoms with Crippen LogP contribution in [0.5, 0.6) is 17.2 Å². The van der Waals surface area contributed by atoms with E-state index in [1.807, 2.05) is 6.07 Å². The van der Waals surface area contributed by atoms with Crippen LogP contribution in [-0.2, 0) is 9.53 Å². The van der Waals surface area contributed by atoms with Crippen LogP contribution in [0.15, 0.2) is 64.0 Å². The second-order valence-corrected chi connectivity index (χ2v) is 7.79. The first-order valence-electron chi connectivity index (χ1n) is 9.62. The minimum Gasteiger partial charge on any atom is -0.460 e. The molecule has 8 nitrogen and oxygen atoms in total. The fourth-order valence-electron chi connectivity index (χ4n) is 2.59. The van der Waals surface area contributed by atoms with Gasteiger partial charge in [0.2, 0.25) is 11.2 Å². The molecule has 0 fully saturated rings. The molecular weight excluding hydrogens is 402 g/mol. The molecule has 3 aromatic rings. The number of hydrogen-bond donors (Lipinski definition) is 1. The quantitative estimate of drug-likeness (QED) is 0.477. The maximum Gasteiger partial charge on any atom is 0.408 e. The van der Waals surface area contributed by atoms with Crippen molar-refractivity contribution in [2.75, 3.05) is 0 Å². The molecule has 0 radical (unpaired) electrons. The van der Waals surface area contributed by atoms with E-state index in [1.165, 1.54) is 31.4 Å². The summed E-state index contributed by atoms with van der Waals surface area (Å²) in [5.74, 6) is 0.0107. The zero-order valence-electron chi connectivity index (χ0n) is 17.6. The molecule has 0 aliphatic carbocycles. The monoisotopic (exact) mass is 425 g/mol. The lowest BCUT2D eigenvalue weighted by Crippen LogP contribution is -2.43. The molecule has 31 heavy (non-hydrogen) atoms. The van der Waals surface area contributed by atoms with E-state index in [0.29, 0.717) is 5.75 Å². The lowest BCUT2D eigenvalue weighted by Gasteiger charge is -2.21. The molecule has 1 heterocycles. The molecule has 162 valence electrons. The smallest absolute Gasteiger partial charge is 0.408 e. The van der Waals surface area contributed by atoms with Gasteiger partial charge in [0, 0.05) is 6.07 Å². The fourth-order valence-corrected chi connectivity index (χ4v) is 2.59. The third-order valence-electron chi connectivity index (χ3n) is 3.99. The topological polar surface area (TPSA) is 104 Å². The molecule has 1 N–H and O–H groups in total. The van der Waals surface area contributed by atoms with Gasteiger partial charge in [-0.2, -0.15) is 0 Å². The van der Waals surface area contributed by atoms with Crippen molar-refractivity contribution in [3.05, 3.63) is 65.0 Å². The van der Waals surface area contributed by atoms with Gasteiger partial charge in [-0.15, -0.1) is 0 Å². The highest BCUT2D eigenvalue weighted by Gasteiger charge is 2.22. The Balaban J connectivity index is 1.71. The highest BCUT2D eigenvalue weighted by atomic mass is 16.6. The van der Waals surface area contributed by atoms with Crippen LogP contribution in [0.4, 0.5) is 4.79 Å². The van der Waals surface area contributed by atoms with Crippen molar-refractivity contribution < 1.29 is 28.2 Å². The van der Waals surface area contributed by atoms with Crippen molar-refractivity contribution in [1.82, 2.24) is 5.32 Å². The first-order chi connectivity index (χ1) is 14.6. The van der Waals surface area contributed by atoms with Gasteiger partial charge < -0.3 is 23.9 Å². The van der Waals surface area contributed by atoms with Gasteiger partial charge in [-0.1, -0.05) is 18.2 Å². The number of nitrogens with one attached hydrogen (secondary N) is 1. The van der Waals surface area contributed by atoms with E-state index in [0.717, 1.165) is 0 Å². The van der Waals surface area contributed by atoms with Crippen molar-refractivity contribution in [2.45, 2.75) is 39.3 Å². The van der Waals surface area contributed by atoms with E-state index in [4.69, 9.17) is 18.6 Å². The standard InChI is InChI=1S/C23H23NO7/c1-14(24-22(27)31-23(2,3)4)21(26)30-16-10-11-17-18(12-16)28-13-19(20(17)25)29-15-8-6-5-7-9-15/h5-14H,1-4H3,(H,24,27). The Morgan fingerprint density at radius 2 is 1.74 bits per heavy atom. The fraction of sp³-hybridized carbons (Fsp3) is 0.261. The van der Waals surface area contributed by atoms with Gasteiger partial charge in [0.05, 0.1) is 5.39 Å². The van der Waals surface area contributed by atoms with Crippen molar-refractivity contribution in [1.29, 1.82) is 0 Å². The Labute approximate surface area is 178 Å². The number of hydrogen-bond acceptors (Lipinski definition) is 7. The second kappa shape index (κ2) is 8.91. The van der Waals surface area contributed by atoms with Crippen LogP contribution in [-0.4, -0.2) is 23.7 Å². The third-order valence-corrected chi connectivity index (χ3v) is 3.99. The summed E-state index contributed by atoms with van der Waals surface area (Å²) in [6.45, 7) is 6.62. The minimum atomic E-state index is -0.945. The number of esters is 1. The highest BCUT2D eigenvalue weighted by Crippen LogP contribution is 2.24. The van der Waals surface area contributed by atoms with Crippen LogP contribution in [0, 0.1) is 0 Å². The van der Waals surface area contributed by atoms with Crippen molar-refractivity contribution in [2.24, 2.45) is 0 Å². The molecule has 0 spiro atoms. The summed E-state index contributed by atoms with van der Waals surface area (Å²) in [7, 11) is 0. The van der Waals surface area contributed by atoms with E-state index in [2.05, 4.69) is 5.32 Å². The molecule has 0 aliphatic rings. The van der Waals surface area contributed by atoms with Crippen molar-refractivity contribution in [3.63, 3.8) is 0 Å². The summed E-state index contributed by atoms with van der Waals surface area (Å²) in [5, 5.41) is 2.68. The largest absolute Gasteiger partial charge is 0.460 e. The third kappa shape index (κ3) is 5.85. The number of alkyl carbamates (subject to hydrolysis) is 1. The first kappa shape index (κ1) is 21.9. The molecule has 0 bridgehead atoms. The molecule has 0 saturated heterocycles. The van der Waals surface area contributed by atoms with Crippen LogP contribution in [0.1, 0.15) is 27.7 Å². The molecule has 2 aromatic carbocycles. The SMILES string of the molecule is CC(NC(=O)OC(C)(C)C)C(=O)Oc1ccc2c(=O)c(Oc3ccccc3)coc2c1. The van der Waals surface area contributed by atoms with Gasteiger partial charge >= 0.3 is 12.1 Å². The summed E-state index contributed by atoms with van der Waals surface area (Å²) in [6, 6.07) is 12.3. The number of fused-ring (bicyclic) bond motifs is 1. The van der Waals surface area contributed by atoms with Gasteiger partial charge in [-0.25, -0.2) is 9.59 Å². The normalized spacial score (nSPS) is 12.1. The Kier molecular flexibility index (Phi) is 6.29. The molecule has 1 atom stereocenters. The molecule has 8 heteroatoms. The average Bonchev–Trinajstić information content (AvgIpc) is 2.69. The average molecular weight is 425 g/mol. The second-order valence-electron chi connectivity index (χ2n) is 7.79. The summed E-state index contributed by atoms with van der Waals surface area (Å²) in [5.41, 5.74) is -0.821. The number of amides is 1. The number of rotatable bonds is 5. The number of ether oxygens (including phenoxy) is 3. The maximum absolute atomic E-state index is 12.7. The van der Waals surface area contributed by atoms with Crippen molar-refractivity contribution in [3.8, 4) is 17.2 Å². The van der Waals surface area contributed by atoms with E-state index in [9.17, 15) is 14.4 Å². The summed E-state index contributed by atoms with van der Waals surface area (Å²) in [4.78, 5) is 36.7. The number of para-hydroxylation sites is 1. The Morgan fingerprint density at radius 3 is 2.42 bits per heavy atom. The van der Waals surface area contributed by atoms with E-state index >= 15 is 0 Å². The molecule has 1 amide bonds. The van der Waals surface area contributed by atoms with Crippen molar-refractivity contribution >= 4 is 23.0 Å². The molecular formula is C23H23NO7. The van der Waals surface area contributed by atoms with Gasteiger partial charge in [-0.3, -0.25) is 4.79 Å². The Hall–Kier alpha value is -3.81. The number of benzene rings is 2. The Bertz CT molecular complexity index is 1150. The number of carbonyl (C=O) groups is 2. The van der Waals surface area contributed by atoms with Crippen LogP contribution in [0.2, 0.25) is 0 Å². The predicted molar refractivity (Wildman–Crippen MR) is 113 cm³/mol. The summed E-state index contributed by atoms with van der Waals surface area (Å²) in [6.07, 6.45) is 0.475. The molecule has 1 unspecified atom stereocenters. The van der Waals surface area contributed by atoms with Gasteiger partial charge in [0.1, 0.15) is 35.0 Å². The Morgan fingerprint density at radius 1 is 1.03 bits per heavy atom. The van der Waals surface area contributed by atoms with Gasteiger partial charge in [0.25, 0.3) is 0 Å². The molecule has 0 saturated carbocycles.